The topological polar surface area (TPSA) is 74.2 Å². The quantitative estimate of drug-likeness (QED) is 0.282. The first-order valence-corrected chi connectivity index (χ1v) is 9.28. The van der Waals surface area contributed by atoms with Crippen LogP contribution in [0.3, 0.4) is 0 Å². The Morgan fingerprint density at radius 3 is 2.67 bits per heavy atom. The van der Waals surface area contributed by atoms with Crippen molar-refractivity contribution >= 4 is 46.5 Å². The van der Waals surface area contributed by atoms with Crippen molar-refractivity contribution in [2.45, 2.75) is 13.8 Å². The van der Waals surface area contributed by atoms with Gasteiger partial charge in [0, 0.05) is 12.5 Å². The SMILES string of the molecule is CCOc1cc(C=C2N=C(c3ccccc3)OC2=O)cc(I)c1OC(C)=O. The van der Waals surface area contributed by atoms with E-state index in [1.54, 1.807) is 18.2 Å². The zero-order chi connectivity index (χ0) is 19.4. The molecule has 0 unspecified atom stereocenters. The van der Waals surface area contributed by atoms with Gasteiger partial charge in [-0.3, -0.25) is 4.79 Å². The smallest absolute Gasteiger partial charge is 0.363 e. The summed E-state index contributed by atoms with van der Waals surface area (Å²) in [5.74, 6) is 0.0880. The predicted molar refractivity (Wildman–Crippen MR) is 109 cm³/mol. The molecule has 0 saturated carbocycles. The second-order valence-electron chi connectivity index (χ2n) is 5.56. The normalized spacial score (nSPS) is 14.7. The lowest BCUT2D eigenvalue weighted by Crippen LogP contribution is -2.06. The Kier molecular flexibility index (Phi) is 5.90. The number of nitrogens with zero attached hydrogens (tertiary/aromatic N) is 1. The summed E-state index contributed by atoms with van der Waals surface area (Å²) < 4.78 is 16.8. The Labute approximate surface area is 170 Å². The molecule has 2 aromatic rings. The Hall–Kier alpha value is -2.68. The zero-order valence-electron chi connectivity index (χ0n) is 14.7. The molecule has 3 rings (SSSR count). The molecule has 1 heterocycles. The van der Waals surface area contributed by atoms with Crippen LogP contribution in [0.5, 0.6) is 11.5 Å². The average molecular weight is 477 g/mol. The van der Waals surface area contributed by atoms with E-state index in [1.807, 2.05) is 37.3 Å². The highest BCUT2D eigenvalue weighted by atomic mass is 127. The van der Waals surface area contributed by atoms with Gasteiger partial charge >= 0.3 is 11.9 Å². The van der Waals surface area contributed by atoms with Gasteiger partial charge in [0.15, 0.2) is 17.2 Å². The van der Waals surface area contributed by atoms with Crippen LogP contribution in [0, 0.1) is 3.57 Å². The molecule has 1 aliphatic rings. The summed E-state index contributed by atoms with van der Waals surface area (Å²) in [6.45, 7) is 3.57. The predicted octanol–water partition coefficient (Wildman–Crippen LogP) is 3.96. The molecule has 0 saturated heterocycles. The summed E-state index contributed by atoms with van der Waals surface area (Å²) in [4.78, 5) is 27.8. The van der Waals surface area contributed by atoms with Crippen LogP contribution in [0.2, 0.25) is 0 Å². The number of hydrogen-bond donors (Lipinski definition) is 0. The minimum Gasteiger partial charge on any atom is -0.490 e. The van der Waals surface area contributed by atoms with Gasteiger partial charge in [0.25, 0.3) is 0 Å². The van der Waals surface area contributed by atoms with Gasteiger partial charge in [0.2, 0.25) is 5.90 Å². The number of carbonyl (C=O) groups is 2. The largest absolute Gasteiger partial charge is 0.490 e. The van der Waals surface area contributed by atoms with E-state index in [-0.39, 0.29) is 11.6 Å². The molecule has 6 nitrogen and oxygen atoms in total. The van der Waals surface area contributed by atoms with Crippen LogP contribution in [-0.4, -0.2) is 24.4 Å². The number of esters is 2. The molecule has 7 heteroatoms. The molecule has 27 heavy (non-hydrogen) atoms. The number of cyclic esters (lactones) is 1. The fourth-order valence-electron chi connectivity index (χ4n) is 2.45. The van der Waals surface area contributed by atoms with Crippen LogP contribution >= 0.6 is 22.6 Å². The van der Waals surface area contributed by atoms with Gasteiger partial charge in [-0.1, -0.05) is 18.2 Å². The Balaban J connectivity index is 1.97. The number of carbonyl (C=O) groups excluding carboxylic acids is 2. The highest BCUT2D eigenvalue weighted by Gasteiger charge is 2.24. The second-order valence-corrected chi connectivity index (χ2v) is 6.72. The highest BCUT2D eigenvalue weighted by Crippen LogP contribution is 2.35. The minimum absolute atomic E-state index is 0.187. The van der Waals surface area contributed by atoms with Gasteiger partial charge in [-0.2, -0.15) is 0 Å². The first-order valence-electron chi connectivity index (χ1n) is 8.20. The van der Waals surface area contributed by atoms with Crippen molar-refractivity contribution in [1.82, 2.24) is 0 Å². The van der Waals surface area contributed by atoms with Crippen LogP contribution in [0.25, 0.3) is 6.08 Å². The molecule has 138 valence electrons. The third-order valence-electron chi connectivity index (χ3n) is 3.52. The van der Waals surface area contributed by atoms with E-state index >= 15 is 0 Å². The lowest BCUT2D eigenvalue weighted by Gasteiger charge is -2.12. The van der Waals surface area contributed by atoms with E-state index in [2.05, 4.69) is 27.6 Å². The molecule has 0 atom stereocenters. The Morgan fingerprint density at radius 1 is 1.26 bits per heavy atom. The summed E-state index contributed by atoms with van der Waals surface area (Å²) in [5.41, 5.74) is 1.60. The minimum atomic E-state index is -0.522. The average Bonchev–Trinajstić information content (AvgIpc) is 2.99. The van der Waals surface area contributed by atoms with Crippen molar-refractivity contribution in [3.63, 3.8) is 0 Å². The van der Waals surface area contributed by atoms with Crippen molar-refractivity contribution in [1.29, 1.82) is 0 Å². The molecular formula is C20H16INO5. The number of hydrogen-bond acceptors (Lipinski definition) is 6. The van der Waals surface area contributed by atoms with Gasteiger partial charge in [-0.25, -0.2) is 9.79 Å². The number of aliphatic imine (C=N–C) groups is 1. The van der Waals surface area contributed by atoms with Gasteiger partial charge in [0.1, 0.15) is 0 Å². The van der Waals surface area contributed by atoms with E-state index < -0.39 is 11.9 Å². The fourth-order valence-corrected chi connectivity index (χ4v) is 3.18. The maximum atomic E-state index is 12.2. The monoisotopic (exact) mass is 477 g/mol. The van der Waals surface area contributed by atoms with E-state index in [1.165, 1.54) is 6.92 Å². The van der Waals surface area contributed by atoms with Gasteiger partial charge < -0.3 is 14.2 Å². The summed E-state index contributed by atoms with van der Waals surface area (Å²) in [7, 11) is 0. The molecule has 0 aromatic heterocycles. The number of rotatable bonds is 5. The first kappa shape index (κ1) is 19.1. The summed E-state index contributed by atoms with van der Waals surface area (Å²) in [6.07, 6.45) is 1.61. The molecule has 0 N–H and O–H groups in total. The molecular weight excluding hydrogens is 461 g/mol. The van der Waals surface area contributed by atoms with Gasteiger partial charge in [-0.05, 0) is 65.4 Å². The van der Waals surface area contributed by atoms with E-state index in [0.717, 1.165) is 5.56 Å². The van der Waals surface area contributed by atoms with Crippen LogP contribution in [-0.2, 0) is 14.3 Å². The lowest BCUT2D eigenvalue weighted by atomic mass is 10.1. The van der Waals surface area contributed by atoms with Crippen LogP contribution in [0.4, 0.5) is 0 Å². The first-order chi connectivity index (χ1) is 13.0. The van der Waals surface area contributed by atoms with E-state index in [4.69, 9.17) is 14.2 Å². The molecule has 1 aliphatic heterocycles. The van der Waals surface area contributed by atoms with Gasteiger partial charge in [-0.15, -0.1) is 0 Å². The van der Waals surface area contributed by atoms with Crippen molar-refractivity contribution < 1.29 is 23.8 Å². The third-order valence-corrected chi connectivity index (χ3v) is 4.32. The van der Waals surface area contributed by atoms with Crippen LogP contribution in [0.15, 0.2) is 53.2 Å². The third kappa shape index (κ3) is 4.54. The van der Waals surface area contributed by atoms with Gasteiger partial charge in [0.05, 0.1) is 10.2 Å². The summed E-state index contributed by atoms with van der Waals surface area (Å²) in [5, 5.41) is 0. The second kappa shape index (κ2) is 8.34. The maximum Gasteiger partial charge on any atom is 0.363 e. The van der Waals surface area contributed by atoms with E-state index in [9.17, 15) is 9.59 Å². The molecule has 0 amide bonds. The molecule has 0 bridgehead atoms. The fraction of sp³-hybridized carbons (Fsp3) is 0.150. The molecule has 0 aliphatic carbocycles. The molecule has 0 radical (unpaired) electrons. The maximum absolute atomic E-state index is 12.2. The summed E-state index contributed by atoms with van der Waals surface area (Å²) >= 11 is 2.05. The lowest BCUT2D eigenvalue weighted by molar-refractivity contribution is -0.132. The molecule has 2 aromatic carbocycles. The van der Waals surface area contributed by atoms with Crippen molar-refractivity contribution in [2.24, 2.45) is 4.99 Å². The number of halogens is 1. The van der Waals surface area contributed by atoms with Crippen molar-refractivity contribution in [3.8, 4) is 11.5 Å². The number of benzene rings is 2. The molecule has 0 fully saturated rings. The molecule has 0 spiro atoms. The van der Waals surface area contributed by atoms with Crippen molar-refractivity contribution in [2.75, 3.05) is 6.61 Å². The zero-order valence-corrected chi connectivity index (χ0v) is 16.8. The van der Waals surface area contributed by atoms with E-state index in [0.29, 0.717) is 27.2 Å². The van der Waals surface area contributed by atoms with Crippen LogP contribution in [0.1, 0.15) is 25.0 Å². The Bertz CT molecular complexity index is 950. The number of ether oxygens (including phenoxy) is 3. The van der Waals surface area contributed by atoms with Crippen molar-refractivity contribution in [3.05, 3.63) is 62.9 Å². The van der Waals surface area contributed by atoms with Crippen LogP contribution < -0.4 is 9.47 Å². The highest BCUT2D eigenvalue weighted by molar-refractivity contribution is 14.1. The Morgan fingerprint density at radius 2 is 2.00 bits per heavy atom. The standard InChI is InChI=1S/C20H16INO5/c1-3-25-17-11-13(9-15(21)18(17)26-12(2)23)10-16-20(24)27-19(22-16)14-7-5-4-6-8-14/h4-11H,3H2,1-2H3. The summed E-state index contributed by atoms with van der Waals surface area (Å²) in [6, 6.07) is 12.7.